The van der Waals surface area contributed by atoms with Crippen LogP contribution in [0, 0.1) is 6.92 Å². The average molecular weight is 253 g/mol. The van der Waals surface area contributed by atoms with Crippen LogP contribution in [0.3, 0.4) is 0 Å². The minimum Gasteiger partial charge on any atom is -0.493 e. The van der Waals surface area contributed by atoms with Crippen LogP contribution in [-0.2, 0) is 6.54 Å². The van der Waals surface area contributed by atoms with Gasteiger partial charge in [-0.05, 0) is 28.8 Å². The van der Waals surface area contributed by atoms with Crippen molar-refractivity contribution < 1.29 is 5.11 Å². The van der Waals surface area contributed by atoms with E-state index in [4.69, 9.17) is 0 Å². The summed E-state index contributed by atoms with van der Waals surface area (Å²) in [5.41, 5.74) is 5.30. The van der Waals surface area contributed by atoms with Gasteiger partial charge in [0.2, 0.25) is 5.88 Å². The van der Waals surface area contributed by atoms with Crippen LogP contribution in [0.5, 0.6) is 0 Å². The number of hydrazine groups is 1. The summed E-state index contributed by atoms with van der Waals surface area (Å²) < 4.78 is 0. The number of hydrogen-bond acceptors (Lipinski definition) is 4. The van der Waals surface area contributed by atoms with Gasteiger partial charge in [0.25, 0.3) is 0 Å². The molecule has 1 heterocycles. The fourth-order valence-corrected chi connectivity index (χ4v) is 2.30. The molecule has 0 saturated carbocycles. The second kappa shape index (κ2) is 4.65. The first-order chi connectivity index (χ1) is 9.24. The van der Waals surface area contributed by atoms with Crippen LogP contribution in [0.15, 0.2) is 53.5 Å². The van der Waals surface area contributed by atoms with Gasteiger partial charge >= 0.3 is 0 Å². The summed E-state index contributed by atoms with van der Waals surface area (Å²) in [5.74, 6) is 0.0546. The van der Waals surface area contributed by atoms with Crippen molar-refractivity contribution in [3.05, 3.63) is 59.6 Å². The van der Waals surface area contributed by atoms with Crippen LogP contribution in [0.1, 0.15) is 11.1 Å². The van der Waals surface area contributed by atoms with Gasteiger partial charge in [0, 0.05) is 0 Å². The largest absolute Gasteiger partial charge is 0.493 e. The third-order valence-corrected chi connectivity index (χ3v) is 3.23. The van der Waals surface area contributed by atoms with Crippen LogP contribution in [0.25, 0.3) is 10.8 Å². The summed E-state index contributed by atoms with van der Waals surface area (Å²) in [4.78, 5) is 3.96. The summed E-state index contributed by atoms with van der Waals surface area (Å²) >= 11 is 0. The Kier molecular flexibility index (Phi) is 2.83. The average Bonchev–Trinajstić information content (AvgIpc) is 2.42. The Morgan fingerprint density at radius 2 is 1.95 bits per heavy atom. The van der Waals surface area contributed by atoms with Gasteiger partial charge in [-0.1, -0.05) is 36.4 Å². The molecule has 0 unspecified atom stereocenters. The Bertz CT molecular complexity index is 676. The molecule has 0 fully saturated rings. The highest BCUT2D eigenvalue weighted by atomic mass is 16.3. The summed E-state index contributed by atoms with van der Waals surface area (Å²) in [6.45, 7) is 2.75. The predicted molar refractivity (Wildman–Crippen MR) is 76.6 cm³/mol. The molecule has 0 radical (unpaired) electrons. The smallest absolute Gasteiger partial charge is 0.222 e. The second-order valence-electron chi connectivity index (χ2n) is 4.61. The van der Waals surface area contributed by atoms with E-state index in [0.717, 1.165) is 0 Å². The van der Waals surface area contributed by atoms with E-state index in [1.54, 1.807) is 11.3 Å². The topological polar surface area (TPSA) is 47.9 Å². The monoisotopic (exact) mass is 253 g/mol. The molecule has 2 N–H and O–H groups in total. The molecule has 1 aliphatic heterocycles. The van der Waals surface area contributed by atoms with Crippen molar-refractivity contribution in [2.75, 3.05) is 0 Å². The third-order valence-electron chi connectivity index (χ3n) is 3.23. The first kappa shape index (κ1) is 11.6. The maximum absolute atomic E-state index is 9.41. The molecule has 4 nitrogen and oxygen atoms in total. The lowest BCUT2D eigenvalue weighted by molar-refractivity contribution is 0.241. The molecule has 0 amide bonds. The number of rotatable bonds is 2. The van der Waals surface area contributed by atoms with Gasteiger partial charge in [0.05, 0.1) is 12.7 Å². The number of benzene rings is 2. The lowest BCUT2D eigenvalue weighted by Crippen LogP contribution is -2.37. The summed E-state index contributed by atoms with van der Waals surface area (Å²) in [6.07, 6.45) is 3.04. The van der Waals surface area contributed by atoms with E-state index in [1.165, 1.54) is 28.1 Å². The number of fused-ring (bicyclic) bond motifs is 1. The molecule has 4 heteroatoms. The SMILES string of the molecule is Cc1ccc(CN2C=NC=C(O)N2)c2ccccc12. The molecule has 3 rings (SSSR count). The molecule has 1 aliphatic rings. The Balaban J connectivity index is 1.96. The molecule has 96 valence electrons. The van der Waals surface area contributed by atoms with Crippen LogP contribution in [0.4, 0.5) is 0 Å². The van der Waals surface area contributed by atoms with Gasteiger partial charge in [-0.25, -0.2) is 4.99 Å². The summed E-state index contributed by atoms with van der Waals surface area (Å²) in [6, 6.07) is 12.6. The predicted octanol–water partition coefficient (Wildman–Crippen LogP) is 2.85. The van der Waals surface area contributed by atoms with Crippen LogP contribution >= 0.6 is 0 Å². The van der Waals surface area contributed by atoms with Gasteiger partial charge in [0.1, 0.15) is 6.34 Å². The third kappa shape index (κ3) is 2.25. The highest BCUT2D eigenvalue weighted by Gasteiger charge is 2.09. The zero-order valence-corrected chi connectivity index (χ0v) is 10.7. The van der Waals surface area contributed by atoms with Crippen molar-refractivity contribution in [1.82, 2.24) is 10.4 Å². The number of aliphatic hydroxyl groups excluding tert-OH is 1. The van der Waals surface area contributed by atoms with Crippen molar-refractivity contribution in [1.29, 1.82) is 0 Å². The minimum atomic E-state index is 0.0546. The van der Waals surface area contributed by atoms with E-state index in [9.17, 15) is 5.11 Å². The molecule has 0 bridgehead atoms. The fraction of sp³-hybridized carbons (Fsp3) is 0.133. The molecule has 19 heavy (non-hydrogen) atoms. The van der Waals surface area contributed by atoms with Gasteiger partial charge in [-0.2, -0.15) is 0 Å². The maximum atomic E-state index is 9.41. The van der Waals surface area contributed by atoms with Crippen LogP contribution < -0.4 is 5.43 Å². The second-order valence-corrected chi connectivity index (χ2v) is 4.61. The zero-order chi connectivity index (χ0) is 13.2. The first-order valence-corrected chi connectivity index (χ1v) is 6.17. The molecule has 0 saturated heterocycles. The quantitative estimate of drug-likeness (QED) is 0.865. The molecular formula is C15H15N3O. The van der Waals surface area contributed by atoms with Crippen molar-refractivity contribution in [2.24, 2.45) is 4.99 Å². The molecule has 0 atom stereocenters. The highest BCUT2D eigenvalue weighted by Crippen LogP contribution is 2.23. The first-order valence-electron chi connectivity index (χ1n) is 6.17. The number of nitrogens with zero attached hydrogens (tertiary/aromatic N) is 2. The van der Waals surface area contributed by atoms with E-state index < -0.39 is 0 Å². The summed E-state index contributed by atoms with van der Waals surface area (Å²) in [5, 5.41) is 13.7. The van der Waals surface area contributed by atoms with E-state index in [0.29, 0.717) is 6.54 Å². The highest BCUT2D eigenvalue weighted by molar-refractivity contribution is 5.88. The van der Waals surface area contributed by atoms with E-state index in [1.807, 2.05) is 12.1 Å². The Morgan fingerprint density at radius 1 is 1.16 bits per heavy atom. The van der Waals surface area contributed by atoms with Gasteiger partial charge in [-0.15, -0.1) is 0 Å². The summed E-state index contributed by atoms with van der Waals surface area (Å²) in [7, 11) is 0. The van der Waals surface area contributed by atoms with Crippen molar-refractivity contribution in [3.8, 4) is 0 Å². The lowest BCUT2D eigenvalue weighted by Gasteiger charge is -2.23. The molecule has 0 spiro atoms. The van der Waals surface area contributed by atoms with Crippen molar-refractivity contribution in [3.63, 3.8) is 0 Å². The van der Waals surface area contributed by atoms with Crippen LogP contribution in [-0.4, -0.2) is 16.5 Å². The molecule has 0 aromatic heterocycles. The van der Waals surface area contributed by atoms with Crippen molar-refractivity contribution in [2.45, 2.75) is 13.5 Å². The van der Waals surface area contributed by atoms with E-state index in [2.05, 4.69) is 41.6 Å². The molecular weight excluding hydrogens is 238 g/mol. The number of nitrogens with one attached hydrogen (secondary N) is 1. The van der Waals surface area contributed by atoms with Crippen molar-refractivity contribution >= 4 is 17.1 Å². The van der Waals surface area contributed by atoms with Gasteiger partial charge in [-0.3, -0.25) is 10.4 Å². The van der Waals surface area contributed by atoms with Gasteiger partial charge in [0.15, 0.2) is 0 Å². The van der Waals surface area contributed by atoms with E-state index >= 15 is 0 Å². The van der Waals surface area contributed by atoms with E-state index in [-0.39, 0.29) is 5.88 Å². The van der Waals surface area contributed by atoms with Gasteiger partial charge < -0.3 is 5.11 Å². The molecule has 2 aromatic rings. The minimum absolute atomic E-state index is 0.0546. The number of aliphatic imine (C=N–C) groups is 1. The maximum Gasteiger partial charge on any atom is 0.222 e. The normalized spacial score (nSPS) is 14.4. The molecule has 0 aliphatic carbocycles. The number of hydrogen-bond donors (Lipinski definition) is 2. The lowest BCUT2D eigenvalue weighted by atomic mass is 10.0. The Labute approximate surface area is 111 Å². The standard InChI is InChI=1S/C15H15N3O/c1-11-6-7-12(14-5-3-2-4-13(11)14)9-18-10-16-8-15(19)17-18/h2-8,10,17,19H,9H2,1H3. The Morgan fingerprint density at radius 3 is 2.74 bits per heavy atom. The fourth-order valence-electron chi connectivity index (χ4n) is 2.30. The molecule has 2 aromatic carbocycles. The Hall–Kier alpha value is -2.49. The number of aryl methyl sites for hydroxylation is 1. The zero-order valence-electron chi connectivity index (χ0n) is 10.7. The van der Waals surface area contributed by atoms with Crippen LogP contribution in [0.2, 0.25) is 0 Å². The number of aliphatic hydroxyl groups is 1.